The number of aryl methyl sites for hydroxylation is 1. The molecule has 2 aromatic carbocycles. The Morgan fingerprint density at radius 1 is 1.03 bits per heavy atom. The van der Waals surface area contributed by atoms with Gasteiger partial charge in [0.25, 0.3) is 11.8 Å². The Morgan fingerprint density at radius 2 is 1.65 bits per heavy atom. The summed E-state index contributed by atoms with van der Waals surface area (Å²) in [5.41, 5.74) is 11.1. The molecule has 0 aliphatic heterocycles. The second kappa shape index (κ2) is 9.79. The summed E-state index contributed by atoms with van der Waals surface area (Å²) in [6.07, 6.45) is 4.79. The number of nitrogens with one attached hydrogen (secondary N) is 3. The molecule has 1 saturated carbocycles. The van der Waals surface area contributed by atoms with Crippen molar-refractivity contribution in [2.24, 2.45) is 11.7 Å². The number of aromatic nitrogens is 1. The summed E-state index contributed by atoms with van der Waals surface area (Å²) in [6.45, 7) is 6.04. The fraction of sp³-hybridized carbons (Fsp3) is 0.222. The van der Waals surface area contributed by atoms with Gasteiger partial charge in [0, 0.05) is 34.6 Å². The van der Waals surface area contributed by atoms with E-state index in [0.29, 0.717) is 35.0 Å². The molecule has 1 aromatic heterocycles. The van der Waals surface area contributed by atoms with Gasteiger partial charge < -0.3 is 21.4 Å². The molecule has 4 rings (SSSR count). The van der Waals surface area contributed by atoms with E-state index in [-0.39, 0.29) is 11.8 Å². The average Bonchev–Trinajstić information content (AvgIpc) is 3.16. The zero-order valence-electron chi connectivity index (χ0n) is 19.1. The second-order valence-corrected chi connectivity index (χ2v) is 8.59. The molecule has 0 atom stereocenters. The molecule has 0 bridgehead atoms. The van der Waals surface area contributed by atoms with Gasteiger partial charge in [-0.25, -0.2) is 0 Å². The minimum Gasteiger partial charge on any atom is -0.364 e. The summed E-state index contributed by atoms with van der Waals surface area (Å²) >= 11 is 0. The summed E-state index contributed by atoms with van der Waals surface area (Å²) < 4.78 is 0. The van der Waals surface area contributed by atoms with Gasteiger partial charge in [-0.1, -0.05) is 37.3 Å². The fourth-order valence-corrected chi connectivity index (χ4v) is 4.20. The molecule has 5 N–H and O–H groups in total. The predicted molar refractivity (Wildman–Crippen MR) is 133 cm³/mol. The topological polar surface area (TPSA) is 117 Å². The number of aromatic amines is 1. The van der Waals surface area contributed by atoms with Crippen LogP contribution in [0.15, 0.2) is 61.2 Å². The first-order chi connectivity index (χ1) is 16.4. The number of hydrogen-bond acceptors (Lipinski definition) is 3. The maximum Gasteiger partial charge on any atom is 0.265 e. The third kappa shape index (κ3) is 4.78. The molecule has 7 nitrogen and oxygen atoms in total. The lowest BCUT2D eigenvalue weighted by atomic mass is 9.85. The number of anilines is 1. The van der Waals surface area contributed by atoms with Crippen LogP contribution in [0.3, 0.4) is 0 Å². The van der Waals surface area contributed by atoms with Crippen LogP contribution < -0.4 is 16.4 Å². The summed E-state index contributed by atoms with van der Waals surface area (Å²) in [4.78, 5) is 39.4. The maximum absolute atomic E-state index is 12.5. The number of benzene rings is 2. The quantitative estimate of drug-likeness (QED) is 0.376. The number of H-pyrrole nitrogens is 1. The Balaban J connectivity index is 1.64. The van der Waals surface area contributed by atoms with Crippen LogP contribution >= 0.6 is 0 Å². The summed E-state index contributed by atoms with van der Waals surface area (Å²) in [5, 5.41) is 5.72. The van der Waals surface area contributed by atoms with Crippen LogP contribution in [0.5, 0.6) is 0 Å². The third-order valence-electron chi connectivity index (χ3n) is 6.27. The Bertz CT molecular complexity index is 1240. The van der Waals surface area contributed by atoms with E-state index in [1.165, 1.54) is 25.3 Å². The zero-order valence-corrected chi connectivity index (χ0v) is 19.1. The molecule has 174 valence electrons. The Kier molecular flexibility index (Phi) is 6.63. The van der Waals surface area contributed by atoms with Crippen LogP contribution in [-0.4, -0.2) is 29.3 Å². The van der Waals surface area contributed by atoms with Crippen molar-refractivity contribution < 1.29 is 14.4 Å². The minimum absolute atomic E-state index is 0.101. The number of carbonyl (C=O) groups is 3. The highest BCUT2D eigenvalue weighted by Crippen LogP contribution is 2.38. The fourth-order valence-electron chi connectivity index (χ4n) is 4.20. The van der Waals surface area contributed by atoms with Crippen LogP contribution in [0.25, 0.3) is 22.3 Å². The summed E-state index contributed by atoms with van der Waals surface area (Å²) in [5.74, 6) is -0.375. The highest BCUT2D eigenvalue weighted by atomic mass is 16.2. The number of primary amides is 1. The van der Waals surface area contributed by atoms with Crippen molar-refractivity contribution in [1.82, 2.24) is 10.3 Å². The first kappa shape index (κ1) is 23.0. The zero-order chi connectivity index (χ0) is 24.2. The Labute approximate surface area is 198 Å². The van der Waals surface area contributed by atoms with Gasteiger partial charge in [0.05, 0.1) is 0 Å². The van der Waals surface area contributed by atoms with E-state index in [1.807, 2.05) is 31.2 Å². The first-order valence-electron chi connectivity index (χ1n) is 11.3. The normalized spacial score (nSPS) is 13.1. The van der Waals surface area contributed by atoms with E-state index >= 15 is 0 Å². The SMILES string of the molecule is C=CC(=O)Nc1ccc(-c2c(C)[nH]c(C(N)=O)c2-c2ccc(C(=O)NCC3CCC3)cc2)cc1. The Morgan fingerprint density at radius 3 is 2.21 bits per heavy atom. The molecule has 0 radical (unpaired) electrons. The van der Waals surface area contributed by atoms with E-state index in [1.54, 1.807) is 24.3 Å². The molecule has 3 aromatic rings. The number of carbonyl (C=O) groups excluding carboxylic acids is 3. The van der Waals surface area contributed by atoms with E-state index in [9.17, 15) is 14.4 Å². The predicted octanol–water partition coefficient (Wildman–Crippen LogP) is 4.41. The minimum atomic E-state index is -0.568. The van der Waals surface area contributed by atoms with Crippen LogP contribution in [0.4, 0.5) is 5.69 Å². The van der Waals surface area contributed by atoms with Gasteiger partial charge in [0.2, 0.25) is 5.91 Å². The lowest BCUT2D eigenvalue weighted by Crippen LogP contribution is -2.32. The molecule has 0 unspecified atom stereocenters. The maximum atomic E-state index is 12.5. The van der Waals surface area contributed by atoms with Crippen LogP contribution in [-0.2, 0) is 4.79 Å². The average molecular weight is 457 g/mol. The van der Waals surface area contributed by atoms with E-state index < -0.39 is 5.91 Å². The van der Waals surface area contributed by atoms with Gasteiger partial charge in [-0.05, 0) is 67.2 Å². The number of amides is 3. The van der Waals surface area contributed by atoms with Gasteiger partial charge >= 0.3 is 0 Å². The first-order valence-corrected chi connectivity index (χ1v) is 11.3. The standard InChI is InChI=1S/C27H28N4O3/c1-3-22(32)31-21-13-11-18(12-14-21)23-16(2)30-25(26(28)33)24(23)19-7-9-20(10-8-19)27(34)29-15-17-5-4-6-17/h3,7-14,17,30H,1,4-6,15H2,2H3,(H2,28,33)(H,29,34)(H,31,32). The monoisotopic (exact) mass is 456 g/mol. The summed E-state index contributed by atoms with van der Waals surface area (Å²) in [6, 6.07) is 14.5. The molecular formula is C27H28N4O3. The van der Waals surface area contributed by atoms with Gasteiger partial charge in [-0.3, -0.25) is 14.4 Å². The smallest absolute Gasteiger partial charge is 0.265 e. The second-order valence-electron chi connectivity index (χ2n) is 8.59. The van der Waals surface area contributed by atoms with Crippen molar-refractivity contribution in [3.63, 3.8) is 0 Å². The van der Waals surface area contributed by atoms with Gasteiger partial charge in [0.15, 0.2) is 0 Å². The highest BCUT2D eigenvalue weighted by Gasteiger charge is 2.22. The van der Waals surface area contributed by atoms with Crippen molar-refractivity contribution in [1.29, 1.82) is 0 Å². The summed E-state index contributed by atoms with van der Waals surface area (Å²) in [7, 11) is 0. The van der Waals surface area contributed by atoms with Crippen molar-refractivity contribution >= 4 is 23.4 Å². The number of nitrogens with two attached hydrogens (primary N) is 1. The van der Waals surface area contributed by atoms with Gasteiger partial charge in [0.1, 0.15) is 5.69 Å². The van der Waals surface area contributed by atoms with E-state index in [0.717, 1.165) is 22.4 Å². The van der Waals surface area contributed by atoms with Crippen LogP contribution in [0.2, 0.25) is 0 Å². The van der Waals surface area contributed by atoms with E-state index in [4.69, 9.17) is 5.73 Å². The number of rotatable bonds is 8. The molecule has 1 fully saturated rings. The molecule has 3 amide bonds. The van der Waals surface area contributed by atoms with Crippen LogP contribution in [0, 0.1) is 12.8 Å². The molecule has 34 heavy (non-hydrogen) atoms. The van der Waals surface area contributed by atoms with Gasteiger partial charge in [-0.15, -0.1) is 0 Å². The van der Waals surface area contributed by atoms with Crippen LogP contribution in [0.1, 0.15) is 45.8 Å². The molecule has 1 aliphatic rings. The number of hydrogen-bond donors (Lipinski definition) is 4. The Hall–Kier alpha value is -4.13. The lowest BCUT2D eigenvalue weighted by Gasteiger charge is -2.25. The molecule has 7 heteroatoms. The van der Waals surface area contributed by atoms with Crippen molar-refractivity contribution in [2.45, 2.75) is 26.2 Å². The van der Waals surface area contributed by atoms with Crippen molar-refractivity contribution in [2.75, 3.05) is 11.9 Å². The molecular weight excluding hydrogens is 428 g/mol. The van der Waals surface area contributed by atoms with Crippen molar-refractivity contribution in [3.8, 4) is 22.3 Å². The largest absolute Gasteiger partial charge is 0.364 e. The molecule has 0 spiro atoms. The molecule has 1 heterocycles. The molecule has 0 saturated heterocycles. The van der Waals surface area contributed by atoms with E-state index in [2.05, 4.69) is 22.2 Å². The molecule has 1 aliphatic carbocycles. The van der Waals surface area contributed by atoms with Crippen molar-refractivity contribution in [3.05, 3.63) is 78.1 Å². The lowest BCUT2D eigenvalue weighted by molar-refractivity contribution is -0.111. The van der Waals surface area contributed by atoms with Gasteiger partial charge in [-0.2, -0.15) is 0 Å². The highest BCUT2D eigenvalue weighted by molar-refractivity contribution is 6.04. The third-order valence-corrected chi connectivity index (χ3v) is 6.27.